The Morgan fingerprint density at radius 2 is 2.00 bits per heavy atom. The number of hydrazone groups is 1. The van der Waals surface area contributed by atoms with Crippen LogP contribution in [-0.2, 0) is 0 Å². The van der Waals surface area contributed by atoms with Crippen molar-refractivity contribution in [2.24, 2.45) is 5.10 Å². The summed E-state index contributed by atoms with van der Waals surface area (Å²) < 4.78 is 0. The number of benzene rings is 2. The zero-order valence-corrected chi connectivity index (χ0v) is 14.3. The van der Waals surface area contributed by atoms with Gasteiger partial charge in [0.25, 0.3) is 11.6 Å². The molecule has 7 nitrogen and oxygen atoms in total. The molecule has 1 amide bonds. The fraction of sp³-hybridized carbons (Fsp3) is 0.150. The van der Waals surface area contributed by atoms with E-state index in [-0.39, 0.29) is 11.6 Å². The first-order valence-electron chi connectivity index (χ1n) is 8.59. The number of nitrogens with one attached hydrogen (secondary N) is 1. The number of carbonyl (C=O) groups is 1. The van der Waals surface area contributed by atoms with Crippen molar-refractivity contribution in [1.29, 1.82) is 0 Å². The molecular weight excluding hydrogens is 344 g/mol. The molecule has 1 aliphatic carbocycles. The van der Waals surface area contributed by atoms with Crippen LogP contribution in [0.1, 0.15) is 40.4 Å². The number of nitro groups is 1. The van der Waals surface area contributed by atoms with Gasteiger partial charge in [-0.05, 0) is 25.0 Å². The highest BCUT2D eigenvalue weighted by Gasteiger charge is 2.26. The van der Waals surface area contributed by atoms with E-state index in [9.17, 15) is 14.9 Å². The van der Waals surface area contributed by atoms with E-state index >= 15 is 0 Å². The minimum atomic E-state index is -0.474. The zero-order chi connectivity index (χ0) is 18.8. The van der Waals surface area contributed by atoms with Crippen molar-refractivity contribution in [1.82, 2.24) is 10.4 Å². The van der Waals surface area contributed by atoms with Crippen LogP contribution in [0.4, 0.5) is 5.69 Å². The molecule has 134 valence electrons. The van der Waals surface area contributed by atoms with Crippen LogP contribution in [0.5, 0.6) is 0 Å². The number of rotatable bonds is 5. The molecule has 0 bridgehead atoms. The van der Waals surface area contributed by atoms with Gasteiger partial charge < -0.3 is 0 Å². The average Bonchev–Trinajstić information content (AvgIpc) is 3.52. The van der Waals surface area contributed by atoms with Crippen molar-refractivity contribution in [2.45, 2.75) is 18.8 Å². The Hall–Kier alpha value is -3.61. The molecule has 0 atom stereocenters. The molecule has 1 aliphatic rings. The van der Waals surface area contributed by atoms with Gasteiger partial charge in [-0.15, -0.1) is 0 Å². The fourth-order valence-electron chi connectivity index (χ4n) is 2.92. The second kappa shape index (κ2) is 6.95. The van der Waals surface area contributed by atoms with Gasteiger partial charge in [-0.3, -0.25) is 19.9 Å². The molecule has 27 heavy (non-hydrogen) atoms. The summed E-state index contributed by atoms with van der Waals surface area (Å²) in [5, 5.41) is 15.5. The molecular formula is C20H16N4O3. The summed E-state index contributed by atoms with van der Waals surface area (Å²) in [6.07, 6.45) is 3.57. The van der Waals surface area contributed by atoms with E-state index in [1.807, 2.05) is 30.3 Å². The SMILES string of the molecule is O=C(N/N=C/c1cccc([N+](=O)[O-])c1)c1cc(C2CC2)nc2ccccc12. The number of amides is 1. The number of hydrogen-bond donors (Lipinski definition) is 1. The number of para-hydroxylation sites is 1. The van der Waals surface area contributed by atoms with Gasteiger partial charge in [-0.1, -0.05) is 30.3 Å². The minimum absolute atomic E-state index is 0.0283. The third-order valence-corrected chi connectivity index (χ3v) is 4.44. The maximum atomic E-state index is 12.7. The van der Waals surface area contributed by atoms with E-state index in [1.165, 1.54) is 18.3 Å². The number of nitrogens with zero attached hydrogens (tertiary/aromatic N) is 3. The van der Waals surface area contributed by atoms with E-state index in [0.29, 0.717) is 17.0 Å². The molecule has 0 unspecified atom stereocenters. The summed E-state index contributed by atoms with van der Waals surface area (Å²) in [6.45, 7) is 0. The monoisotopic (exact) mass is 360 g/mol. The molecule has 1 heterocycles. The number of fused-ring (bicyclic) bond motifs is 1. The van der Waals surface area contributed by atoms with Crippen LogP contribution >= 0.6 is 0 Å². The van der Waals surface area contributed by atoms with Crippen LogP contribution in [0.15, 0.2) is 59.7 Å². The molecule has 1 saturated carbocycles. The number of nitro benzene ring substituents is 1. The lowest BCUT2D eigenvalue weighted by Gasteiger charge is -2.08. The lowest BCUT2D eigenvalue weighted by Crippen LogP contribution is -2.18. The Kier molecular flexibility index (Phi) is 4.33. The van der Waals surface area contributed by atoms with Crippen molar-refractivity contribution >= 4 is 28.7 Å². The van der Waals surface area contributed by atoms with Crippen LogP contribution in [0, 0.1) is 10.1 Å². The molecule has 7 heteroatoms. The first-order chi connectivity index (χ1) is 13.1. The smallest absolute Gasteiger partial charge is 0.267 e. The second-order valence-corrected chi connectivity index (χ2v) is 6.44. The minimum Gasteiger partial charge on any atom is -0.267 e. The Balaban J connectivity index is 1.58. The molecule has 1 aromatic heterocycles. The summed E-state index contributed by atoms with van der Waals surface area (Å²) in [7, 11) is 0. The quantitative estimate of drug-likeness (QED) is 0.425. The first-order valence-corrected chi connectivity index (χ1v) is 8.59. The summed E-state index contributed by atoms with van der Waals surface area (Å²) in [5.74, 6) is 0.0895. The molecule has 1 N–H and O–H groups in total. The largest absolute Gasteiger partial charge is 0.272 e. The summed E-state index contributed by atoms with van der Waals surface area (Å²) in [4.78, 5) is 27.7. The van der Waals surface area contributed by atoms with Crippen molar-refractivity contribution in [3.63, 3.8) is 0 Å². The first kappa shape index (κ1) is 16.8. The Morgan fingerprint density at radius 3 is 2.78 bits per heavy atom. The van der Waals surface area contributed by atoms with Crippen LogP contribution in [-0.4, -0.2) is 22.0 Å². The molecule has 4 rings (SSSR count). The third-order valence-electron chi connectivity index (χ3n) is 4.44. The maximum absolute atomic E-state index is 12.7. The Bertz CT molecular complexity index is 1070. The van der Waals surface area contributed by atoms with Gasteiger partial charge in [0.05, 0.1) is 22.2 Å². The van der Waals surface area contributed by atoms with E-state index in [2.05, 4.69) is 15.5 Å². The summed E-state index contributed by atoms with van der Waals surface area (Å²) in [5.41, 5.74) is 5.26. The molecule has 0 radical (unpaired) electrons. The predicted octanol–water partition coefficient (Wildman–Crippen LogP) is 3.78. The zero-order valence-electron chi connectivity index (χ0n) is 14.3. The normalized spacial score (nSPS) is 13.8. The van der Waals surface area contributed by atoms with Gasteiger partial charge in [0, 0.05) is 34.7 Å². The standard InChI is InChI=1S/C20H16N4O3/c25-20(23-21-12-13-4-3-5-15(10-13)24(26)27)17-11-19(14-8-9-14)22-18-7-2-1-6-16(17)18/h1-7,10-12,14H,8-9H2,(H,23,25)/b21-12+. The molecule has 0 saturated heterocycles. The number of hydrogen-bond acceptors (Lipinski definition) is 5. The molecule has 0 aliphatic heterocycles. The van der Waals surface area contributed by atoms with Gasteiger partial charge in [-0.2, -0.15) is 5.10 Å². The topological polar surface area (TPSA) is 97.5 Å². The molecule has 3 aromatic rings. The number of non-ortho nitro benzene ring substituents is 1. The maximum Gasteiger partial charge on any atom is 0.272 e. The third kappa shape index (κ3) is 3.67. The number of aromatic nitrogens is 1. The second-order valence-electron chi connectivity index (χ2n) is 6.44. The highest BCUT2D eigenvalue weighted by atomic mass is 16.6. The Morgan fingerprint density at radius 1 is 1.19 bits per heavy atom. The predicted molar refractivity (Wildman–Crippen MR) is 102 cm³/mol. The van der Waals surface area contributed by atoms with Crippen LogP contribution in [0.2, 0.25) is 0 Å². The summed E-state index contributed by atoms with van der Waals surface area (Å²) in [6, 6.07) is 15.4. The van der Waals surface area contributed by atoms with Crippen molar-refractivity contribution in [3.05, 3.63) is 81.5 Å². The lowest BCUT2D eigenvalue weighted by atomic mass is 10.1. The number of pyridine rings is 1. The van der Waals surface area contributed by atoms with Crippen molar-refractivity contribution in [2.75, 3.05) is 0 Å². The average molecular weight is 360 g/mol. The highest BCUT2D eigenvalue weighted by molar-refractivity contribution is 6.06. The molecule has 0 spiro atoms. The molecule has 2 aromatic carbocycles. The van der Waals surface area contributed by atoms with Crippen LogP contribution < -0.4 is 5.43 Å². The van der Waals surface area contributed by atoms with Crippen LogP contribution in [0.25, 0.3) is 10.9 Å². The fourth-order valence-corrected chi connectivity index (χ4v) is 2.92. The van der Waals surface area contributed by atoms with E-state index in [1.54, 1.807) is 12.1 Å². The van der Waals surface area contributed by atoms with Gasteiger partial charge in [0.15, 0.2) is 0 Å². The lowest BCUT2D eigenvalue weighted by molar-refractivity contribution is -0.384. The summed E-state index contributed by atoms with van der Waals surface area (Å²) >= 11 is 0. The van der Waals surface area contributed by atoms with Crippen molar-refractivity contribution in [3.8, 4) is 0 Å². The van der Waals surface area contributed by atoms with E-state index in [4.69, 9.17) is 0 Å². The van der Waals surface area contributed by atoms with E-state index < -0.39 is 4.92 Å². The van der Waals surface area contributed by atoms with Crippen molar-refractivity contribution < 1.29 is 9.72 Å². The molecule has 1 fully saturated rings. The Labute approximate surface area is 154 Å². The van der Waals surface area contributed by atoms with Gasteiger partial charge in [0.1, 0.15) is 0 Å². The number of carbonyl (C=O) groups excluding carboxylic acids is 1. The van der Waals surface area contributed by atoms with Gasteiger partial charge in [0.2, 0.25) is 0 Å². The highest BCUT2D eigenvalue weighted by Crippen LogP contribution is 2.40. The van der Waals surface area contributed by atoms with Gasteiger partial charge in [-0.25, -0.2) is 5.43 Å². The van der Waals surface area contributed by atoms with Crippen LogP contribution in [0.3, 0.4) is 0 Å². The van der Waals surface area contributed by atoms with E-state index in [0.717, 1.165) is 29.4 Å². The van der Waals surface area contributed by atoms with Gasteiger partial charge >= 0.3 is 0 Å².